The molecule has 20 heavy (non-hydrogen) atoms. The van der Waals surface area contributed by atoms with Crippen LogP contribution in [0.1, 0.15) is 18.5 Å². The molecule has 0 aliphatic rings. The Hall–Kier alpha value is -1.46. The molecule has 0 amide bonds. The quantitative estimate of drug-likeness (QED) is 0.889. The Kier molecular flexibility index (Phi) is 4.73. The minimum absolute atomic E-state index is 0.0691. The number of hydrogen-bond donors (Lipinski definition) is 1. The third-order valence-electron chi connectivity index (χ3n) is 3.00. The molecule has 106 valence electrons. The van der Waals surface area contributed by atoms with Crippen molar-refractivity contribution in [2.75, 3.05) is 7.05 Å². The molecule has 1 nitrogen and oxygen atoms in total. The van der Waals surface area contributed by atoms with Crippen LogP contribution in [0.5, 0.6) is 0 Å². The Labute approximate surface area is 120 Å². The Morgan fingerprint density at radius 1 is 1.05 bits per heavy atom. The van der Waals surface area contributed by atoms with Gasteiger partial charge in [-0.25, -0.2) is 13.2 Å². The summed E-state index contributed by atoms with van der Waals surface area (Å²) in [6.45, 7) is 1.88. The maximum absolute atomic E-state index is 14.0. The van der Waals surface area contributed by atoms with E-state index in [0.29, 0.717) is 10.5 Å². The van der Waals surface area contributed by atoms with Crippen molar-refractivity contribution in [3.63, 3.8) is 0 Å². The molecule has 0 aliphatic heterocycles. The van der Waals surface area contributed by atoms with Gasteiger partial charge in [-0.2, -0.15) is 0 Å². The third kappa shape index (κ3) is 3.16. The van der Waals surface area contributed by atoms with E-state index in [-0.39, 0.29) is 10.9 Å². The van der Waals surface area contributed by atoms with Crippen LogP contribution in [-0.2, 0) is 0 Å². The number of hydrogen-bond acceptors (Lipinski definition) is 2. The van der Waals surface area contributed by atoms with E-state index in [1.165, 1.54) is 6.07 Å². The van der Waals surface area contributed by atoms with Crippen molar-refractivity contribution < 1.29 is 13.2 Å². The van der Waals surface area contributed by atoms with Gasteiger partial charge in [0.1, 0.15) is 17.5 Å². The van der Waals surface area contributed by atoms with Crippen LogP contribution in [-0.4, -0.2) is 7.05 Å². The highest BCUT2D eigenvalue weighted by Gasteiger charge is 2.16. The van der Waals surface area contributed by atoms with E-state index >= 15 is 0 Å². The topological polar surface area (TPSA) is 12.0 Å². The second-order valence-corrected chi connectivity index (χ2v) is 5.40. The summed E-state index contributed by atoms with van der Waals surface area (Å²) < 4.78 is 40.9. The fourth-order valence-corrected chi connectivity index (χ4v) is 2.88. The van der Waals surface area contributed by atoms with Crippen molar-refractivity contribution in [3.8, 4) is 0 Å². The number of nitrogens with one attached hydrogen (secondary N) is 1. The van der Waals surface area contributed by atoms with Gasteiger partial charge in [0, 0.05) is 6.04 Å². The van der Waals surface area contributed by atoms with Gasteiger partial charge in [0.05, 0.1) is 9.79 Å². The van der Waals surface area contributed by atoms with E-state index in [0.717, 1.165) is 30.0 Å². The first-order valence-corrected chi connectivity index (χ1v) is 6.93. The smallest absolute Gasteiger partial charge is 0.137 e. The van der Waals surface area contributed by atoms with Crippen LogP contribution in [0, 0.1) is 17.5 Å². The predicted molar refractivity (Wildman–Crippen MR) is 74.4 cm³/mol. The Morgan fingerprint density at radius 3 is 2.50 bits per heavy atom. The second-order valence-electron chi connectivity index (χ2n) is 4.35. The molecule has 5 heteroatoms. The largest absolute Gasteiger partial charge is 0.313 e. The highest BCUT2D eigenvalue weighted by molar-refractivity contribution is 7.99. The molecule has 0 fully saturated rings. The molecule has 2 aromatic carbocycles. The van der Waals surface area contributed by atoms with Crippen LogP contribution in [0.25, 0.3) is 0 Å². The molecule has 0 bridgehead atoms. The SMILES string of the molecule is CNC(C)c1cccc(F)c1Sc1cc(F)ccc1F. The molecule has 0 saturated carbocycles. The lowest BCUT2D eigenvalue weighted by molar-refractivity contribution is 0.569. The summed E-state index contributed by atoms with van der Waals surface area (Å²) in [5, 5.41) is 3.01. The fraction of sp³-hybridized carbons (Fsp3) is 0.200. The summed E-state index contributed by atoms with van der Waals surface area (Å²) in [7, 11) is 1.76. The van der Waals surface area contributed by atoms with Crippen LogP contribution in [0.3, 0.4) is 0 Å². The number of rotatable bonds is 4. The molecular formula is C15H14F3NS. The zero-order valence-corrected chi connectivity index (χ0v) is 11.9. The van der Waals surface area contributed by atoms with Gasteiger partial charge < -0.3 is 5.32 Å². The first-order valence-electron chi connectivity index (χ1n) is 6.11. The number of benzene rings is 2. The fourth-order valence-electron chi connectivity index (χ4n) is 1.80. The monoisotopic (exact) mass is 297 g/mol. The van der Waals surface area contributed by atoms with E-state index in [1.807, 2.05) is 6.92 Å². The summed E-state index contributed by atoms with van der Waals surface area (Å²) in [6, 6.07) is 7.74. The van der Waals surface area contributed by atoms with Crippen LogP contribution < -0.4 is 5.32 Å². The van der Waals surface area contributed by atoms with Gasteiger partial charge in [0.25, 0.3) is 0 Å². The molecule has 1 unspecified atom stereocenters. The minimum Gasteiger partial charge on any atom is -0.313 e. The lowest BCUT2D eigenvalue weighted by Gasteiger charge is -2.16. The standard InChI is InChI=1S/C15H14F3NS/c1-9(19-2)11-4-3-5-13(18)15(11)20-14-8-10(16)6-7-12(14)17/h3-9,19H,1-2H3. The van der Waals surface area contributed by atoms with Gasteiger partial charge in [0.2, 0.25) is 0 Å². The first kappa shape index (κ1) is 14.9. The average molecular weight is 297 g/mol. The molecular weight excluding hydrogens is 283 g/mol. The van der Waals surface area contributed by atoms with E-state index in [1.54, 1.807) is 19.2 Å². The molecule has 0 aromatic heterocycles. The number of halogens is 3. The minimum atomic E-state index is -0.567. The average Bonchev–Trinajstić information content (AvgIpc) is 2.44. The van der Waals surface area contributed by atoms with E-state index in [9.17, 15) is 13.2 Å². The summed E-state index contributed by atoms with van der Waals surface area (Å²) in [5.74, 6) is -1.56. The lowest BCUT2D eigenvalue weighted by atomic mass is 10.1. The third-order valence-corrected chi connectivity index (χ3v) is 4.17. The lowest BCUT2D eigenvalue weighted by Crippen LogP contribution is -2.13. The Bertz CT molecular complexity index is 616. The van der Waals surface area contributed by atoms with Gasteiger partial charge >= 0.3 is 0 Å². The highest BCUT2D eigenvalue weighted by atomic mass is 32.2. The van der Waals surface area contributed by atoms with Crippen molar-refractivity contribution in [1.82, 2.24) is 5.32 Å². The molecule has 1 atom stereocenters. The molecule has 0 aliphatic carbocycles. The van der Waals surface area contributed by atoms with E-state index in [2.05, 4.69) is 5.32 Å². The zero-order chi connectivity index (χ0) is 14.7. The summed E-state index contributed by atoms with van der Waals surface area (Å²) in [4.78, 5) is 0.374. The molecule has 0 saturated heterocycles. The van der Waals surface area contributed by atoms with Gasteiger partial charge in [-0.15, -0.1) is 0 Å². The van der Waals surface area contributed by atoms with Crippen molar-refractivity contribution in [2.24, 2.45) is 0 Å². The zero-order valence-electron chi connectivity index (χ0n) is 11.1. The normalized spacial score (nSPS) is 12.4. The van der Waals surface area contributed by atoms with Crippen molar-refractivity contribution in [2.45, 2.75) is 22.8 Å². The van der Waals surface area contributed by atoms with Crippen LogP contribution >= 0.6 is 11.8 Å². The van der Waals surface area contributed by atoms with Crippen LogP contribution in [0.4, 0.5) is 13.2 Å². The molecule has 2 rings (SSSR count). The van der Waals surface area contributed by atoms with Gasteiger partial charge in [-0.3, -0.25) is 0 Å². The molecule has 1 N–H and O–H groups in total. The van der Waals surface area contributed by atoms with Gasteiger partial charge in [0.15, 0.2) is 0 Å². The molecule has 2 aromatic rings. The second kappa shape index (κ2) is 6.33. The maximum Gasteiger partial charge on any atom is 0.137 e. The van der Waals surface area contributed by atoms with E-state index < -0.39 is 17.5 Å². The predicted octanol–water partition coefficient (Wildman–Crippen LogP) is 4.54. The van der Waals surface area contributed by atoms with Gasteiger partial charge in [-0.05, 0) is 43.8 Å². The molecule has 0 spiro atoms. The van der Waals surface area contributed by atoms with Crippen molar-refractivity contribution >= 4 is 11.8 Å². The Balaban J connectivity index is 2.45. The van der Waals surface area contributed by atoms with Crippen LogP contribution in [0.2, 0.25) is 0 Å². The molecule has 0 radical (unpaired) electrons. The first-order chi connectivity index (χ1) is 9.52. The van der Waals surface area contributed by atoms with Gasteiger partial charge in [-0.1, -0.05) is 23.9 Å². The Morgan fingerprint density at radius 2 is 1.80 bits per heavy atom. The van der Waals surface area contributed by atoms with Crippen molar-refractivity contribution in [1.29, 1.82) is 0 Å². The maximum atomic E-state index is 14.0. The molecule has 0 heterocycles. The summed E-state index contributed by atoms with van der Waals surface area (Å²) >= 11 is 0.895. The van der Waals surface area contributed by atoms with Crippen molar-refractivity contribution in [3.05, 3.63) is 59.4 Å². The van der Waals surface area contributed by atoms with E-state index in [4.69, 9.17) is 0 Å². The highest BCUT2D eigenvalue weighted by Crippen LogP contribution is 2.36. The summed E-state index contributed by atoms with van der Waals surface area (Å²) in [5.41, 5.74) is 0.709. The van der Waals surface area contributed by atoms with Crippen LogP contribution in [0.15, 0.2) is 46.2 Å². The summed E-state index contributed by atoms with van der Waals surface area (Å²) in [6.07, 6.45) is 0.